The molecule has 2 aliphatic carbocycles. The summed E-state index contributed by atoms with van der Waals surface area (Å²) in [5.74, 6) is 0.0813. The molecule has 98 valence electrons. The first-order chi connectivity index (χ1) is 8.65. The number of likely N-dealkylation sites (N-methyl/N-ethyl adjacent to an activating group) is 1. The minimum atomic E-state index is 0.0402. The molecule has 2 heteroatoms. The van der Waals surface area contributed by atoms with Gasteiger partial charge >= 0.3 is 0 Å². The first kappa shape index (κ1) is 13.3. The van der Waals surface area contributed by atoms with E-state index in [4.69, 9.17) is 0 Å². The highest BCUT2D eigenvalue weighted by atomic mass is 19.1. The summed E-state index contributed by atoms with van der Waals surface area (Å²) in [5, 5.41) is 0. The molecule has 2 rings (SSSR count). The molecular formula is C16H22FN. The molecule has 0 spiro atoms. The lowest BCUT2D eigenvalue weighted by atomic mass is 9.95. The summed E-state index contributed by atoms with van der Waals surface area (Å²) in [6.45, 7) is 3.71. The molecule has 0 heterocycles. The van der Waals surface area contributed by atoms with E-state index < -0.39 is 0 Å². The Morgan fingerprint density at radius 1 is 1.44 bits per heavy atom. The first-order valence-electron chi connectivity index (χ1n) is 6.72. The maximum atomic E-state index is 13.8. The van der Waals surface area contributed by atoms with Gasteiger partial charge in [-0.2, -0.15) is 0 Å². The number of allylic oxidation sites excluding steroid dienone is 6. The first-order valence-corrected chi connectivity index (χ1v) is 6.72. The minimum absolute atomic E-state index is 0.0402. The highest BCUT2D eigenvalue weighted by Gasteiger charge is 2.19. The van der Waals surface area contributed by atoms with Crippen LogP contribution in [-0.2, 0) is 0 Å². The van der Waals surface area contributed by atoms with Gasteiger partial charge < -0.3 is 4.90 Å². The van der Waals surface area contributed by atoms with Gasteiger partial charge in [0.15, 0.2) is 0 Å². The third-order valence-electron chi connectivity index (χ3n) is 3.59. The van der Waals surface area contributed by atoms with Crippen LogP contribution in [0.5, 0.6) is 0 Å². The molecule has 0 saturated heterocycles. The van der Waals surface area contributed by atoms with Gasteiger partial charge in [-0.15, -0.1) is 0 Å². The summed E-state index contributed by atoms with van der Waals surface area (Å²) < 4.78 is 13.8. The van der Waals surface area contributed by atoms with Crippen molar-refractivity contribution < 1.29 is 4.39 Å². The van der Waals surface area contributed by atoms with Crippen LogP contribution < -0.4 is 0 Å². The number of rotatable bonds is 4. The van der Waals surface area contributed by atoms with Gasteiger partial charge in [0.1, 0.15) is 5.83 Å². The van der Waals surface area contributed by atoms with Gasteiger partial charge in [0, 0.05) is 19.0 Å². The number of hydrogen-bond acceptors (Lipinski definition) is 1. The Morgan fingerprint density at radius 2 is 2.28 bits per heavy atom. The van der Waals surface area contributed by atoms with Crippen molar-refractivity contribution in [3.63, 3.8) is 0 Å². The number of nitrogens with zero attached hydrogens (tertiary/aromatic N) is 1. The largest absolute Gasteiger partial charge is 0.302 e. The Kier molecular flexibility index (Phi) is 4.54. The number of halogens is 1. The molecule has 0 radical (unpaired) electrons. The van der Waals surface area contributed by atoms with E-state index in [0.29, 0.717) is 0 Å². The van der Waals surface area contributed by atoms with E-state index in [0.717, 1.165) is 37.9 Å². The van der Waals surface area contributed by atoms with Crippen molar-refractivity contribution in [3.05, 3.63) is 47.4 Å². The lowest BCUT2D eigenvalue weighted by Crippen LogP contribution is -2.28. The van der Waals surface area contributed by atoms with Crippen LogP contribution in [0.4, 0.5) is 4.39 Å². The maximum Gasteiger partial charge on any atom is 0.105 e. The molecule has 0 fully saturated rings. The van der Waals surface area contributed by atoms with Crippen molar-refractivity contribution in [2.24, 2.45) is 5.92 Å². The molecule has 2 aliphatic rings. The maximum absolute atomic E-state index is 13.8. The Balaban J connectivity index is 1.85. The van der Waals surface area contributed by atoms with Gasteiger partial charge in [-0.1, -0.05) is 35.5 Å². The standard InChI is InChI=1S/C16H22FN/c1-13-8-9-15(16(17)10-13)12-18(2)11-14-6-4-3-5-7-14/h3-4,6,8,10,15H,5,7,9,11-12H2,1-2H3. The van der Waals surface area contributed by atoms with E-state index in [2.05, 4.69) is 36.3 Å². The summed E-state index contributed by atoms with van der Waals surface area (Å²) in [6, 6.07) is 0. The summed E-state index contributed by atoms with van der Waals surface area (Å²) in [4.78, 5) is 2.23. The Morgan fingerprint density at radius 3 is 2.94 bits per heavy atom. The minimum Gasteiger partial charge on any atom is -0.302 e. The summed E-state index contributed by atoms with van der Waals surface area (Å²) >= 11 is 0. The third-order valence-corrected chi connectivity index (χ3v) is 3.59. The lowest BCUT2D eigenvalue weighted by Gasteiger charge is -2.25. The monoisotopic (exact) mass is 247 g/mol. The Labute approximate surface area is 109 Å². The zero-order chi connectivity index (χ0) is 13.0. The summed E-state index contributed by atoms with van der Waals surface area (Å²) in [7, 11) is 2.08. The summed E-state index contributed by atoms with van der Waals surface area (Å²) in [6.07, 6.45) is 13.4. The molecule has 0 bridgehead atoms. The number of hydrogen-bond donors (Lipinski definition) is 0. The fraction of sp³-hybridized carbons (Fsp3) is 0.500. The van der Waals surface area contributed by atoms with Gasteiger partial charge in [-0.25, -0.2) is 4.39 Å². The van der Waals surface area contributed by atoms with E-state index in [9.17, 15) is 4.39 Å². The molecule has 0 N–H and O–H groups in total. The fourth-order valence-corrected chi connectivity index (χ4v) is 2.57. The van der Waals surface area contributed by atoms with Crippen molar-refractivity contribution in [3.8, 4) is 0 Å². The van der Waals surface area contributed by atoms with Crippen LogP contribution in [-0.4, -0.2) is 25.0 Å². The zero-order valence-corrected chi connectivity index (χ0v) is 11.3. The molecule has 0 amide bonds. The van der Waals surface area contributed by atoms with E-state index in [1.807, 2.05) is 6.92 Å². The van der Waals surface area contributed by atoms with Crippen molar-refractivity contribution >= 4 is 0 Å². The van der Waals surface area contributed by atoms with Crippen LogP contribution in [0.15, 0.2) is 47.4 Å². The highest BCUT2D eigenvalue weighted by molar-refractivity contribution is 5.25. The molecule has 0 aromatic heterocycles. The van der Waals surface area contributed by atoms with Gasteiger partial charge in [-0.3, -0.25) is 0 Å². The fourth-order valence-electron chi connectivity index (χ4n) is 2.57. The van der Waals surface area contributed by atoms with Crippen LogP contribution in [0, 0.1) is 5.92 Å². The molecule has 0 aromatic carbocycles. The van der Waals surface area contributed by atoms with Crippen LogP contribution in [0.3, 0.4) is 0 Å². The Hall–Kier alpha value is -1.15. The van der Waals surface area contributed by atoms with Crippen molar-refractivity contribution in [2.45, 2.75) is 26.2 Å². The summed E-state index contributed by atoms with van der Waals surface area (Å²) in [5.41, 5.74) is 2.50. The van der Waals surface area contributed by atoms with Crippen LogP contribution in [0.25, 0.3) is 0 Å². The van der Waals surface area contributed by atoms with E-state index in [1.165, 1.54) is 5.57 Å². The van der Waals surface area contributed by atoms with Gasteiger partial charge in [0.25, 0.3) is 0 Å². The molecule has 0 aromatic rings. The third kappa shape index (κ3) is 3.67. The molecule has 0 aliphatic heterocycles. The topological polar surface area (TPSA) is 3.24 Å². The van der Waals surface area contributed by atoms with Crippen LogP contribution in [0.1, 0.15) is 26.2 Å². The van der Waals surface area contributed by atoms with Crippen molar-refractivity contribution in [1.82, 2.24) is 4.90 Å². The quantitative estimate of drug-likeness (QED) is 0.725. The average Bonchev–Trinajstić information content (AvgIpc) is 2.34. The second-order valence-corrected chi connectivity index (χ2v) is 5.40. The average molecular weight is 247 g/mol. The molecule has 1 atom stereocenters. The smallest absolute Gasteiger partial charge is 0.105 e. The van der Waals surface area contributed by atoms with Crippen LogP contribution in [0.2, 0.25) is 0 Å². The Bertz CT molecular complexity index is 415. The predicted molar refractivity (Wildman–Crippen MR) is 75.0 cm³/mol. The second kappa shape index (κ2) is 6.14. The second-order valence-electron chi connectivity index (χ2n) is 5.40. The zero-order valence-electron chi connectivity index (χ0n) is 11.3. The molecule has 1 nitrogen and oxygen atoms in total. The van der Waals surface area contributed by atoms with E-state index >= 15 is 0 Å². The van der Waals surface area contributed by atoms with E-state index in [-0.39, 0.29) is 11.7 Å². The van der Waals surface area contributed by atoms with E-state index in [1.54, 1.807) is 6.08 Å². The SMILES string of the molecule is CC1=CCC(CN(C)CC2=CC=CCC2)C(F)=C1. The lowest BCUT2D eigenvalue weighted by molar-refractivity contribution is 0.289. The normalized spacial score (nSPS) is 23.8. The van der Waals surface area contributed by atoms with Crippen molar-refractivity contribution in [2.75, 3.05) is 20.1 Å². The van der Waals surface area contributed by atoms with Gasteiger partial charge in [0.2, 0.25) is 0 Å². The van der Waals surface area contributed by atoms with Crippen molar-refractivity contribution in [1.29, 1.82) is 0 Å². The molecule has 18 heavy (non-hydrogen) atoms. The van der Waals surface area contributed by atoms with Crippen LogP contribution >= 0.6 is 0 Å². The molecule has 0 saturated carbocycles. The molecular weight excluding hydrogens is 225 g/mol. The van der Waals surface area contributed by atoms with Gasteiger partial charge in [0.05, 0.1) is 0 Å². The predicted octanol–water partition coefficient (Wildman–Crippen LogP) is 4.01. The molecule has 1 unspecified atom stereocenters. The van der Waals surface area contributed by atoms with Gasteiger partial charge in [-0.05, 0) is 39.3 Å². The highest BCUT2D eigenvalue weighted by Crippen LogP contribution is 2.26.